The summed E-state index contributed by atoms with van der Waals surface area (Å²) in [6.45, 7) is 4.89. The zero-order valence-corrected chi connectivity index (χ0v) is 14.6. The molecule has 0 amide bonds. The SMILES string of the molecule is C(=C1/Oc2ccccc2N=C1OCCN1CCOCC1)/c1ccccc1. The fraction of sp³-hybridized carbons (Fsp3) is 0.286. The molecule has 5 nitrogen and oxygen atoms in total. The lowest BCUT2D eigenvalue weighted by atomic mass is 10.2. The van der Waals surface area contributed by atoms with E-state index in [1.54, 1.807) is 0 Å². The highest BCUT2D eigenvalue weighted by Gasteiger charge is 2.21. The summed E-state index contributed by atoms with van der Waals surface area (Å²) < 4.78 is 17.4. The Morgan fingerprint density at radius 2 is 1.77 bits per heavy atom. The molecule has 1 saturated heterocycles. The summed E-state index contributed by atoms with van der Waals surface area (Å²) in [5, 5.41) is 0. The van der Waals surface area contributed by atoms with Crippen LogP contribution in [0, 0.1) is 0 Å². The van der Waals surface area contributed by atoms with Crippen LogP contribution in [0.2, 0.25) is 0 Å². The van der Waals surface area contributed by atoms with Crippen molar-refractivity contribution >= 4 is 17.7 Å². The molecule has 2 aromatic carbocycles. The molecule has 26 heavy (non-hydrogen) atoms. The lowest BCUT2D eigenvalue weighted by Gasteiger charge is -2.27. The van der Waals surface area contributed by atoms with Crippen molar-refractivity contribution in [1.29, 1.82) is 0 Å². The minimum atomic E-state index is 0.529. The van der Waals surface area contributed by atoms with Crippen LogP contribution in [0.5, 0.6) is 5.75 Å². The van der Waals surface area contributed by atoms with Gasteiger partial charge in [0.1, 0.15) is 12.3 Å². The van der Waals surface area contributed by atoms with Crippen molar-refractivity contribution in [2.45, 2.75) is 0 Å². The van der Waals surface area contributed by atoms with Crippen molar-refractivity contribution in [3.8, 4) is 5.75 Å². The van der Waals surface area contributed by atoms with E-state index in [0.29, 0.717) is 18.3 Å². The maximum atomic E-state index is 6.06. The van der Waals surface area contributed by atoms with Gasteiger partial charge in [-0.25, -0.2) is 4.99 Å². The average Bonchev–Trinajstić information content (AvgIpc) is 2.70. The van der Waals surface area contributed by atoms with Crippen LogP contribution in [0.3, 0.4) is 0 Å². The highest BCUT2D eigenvalue weighted by atomic mass is 16.5. The standard InChI is InChI=1S/C21H22N2O3/c1-2-6-17(7-3-1)16-20-21(22-18-8-4-5-9-19(18)26-20)25-15-12-23-10-13-24-14-11-23/h1-9,16H,10-15H2/b20-16-. The van der Waals surface area contributed by atoms with Crippen LogP contribution in [0.25, 0.3) is 6.08 Å². The second kappa shape index (κ2) is 8.17. The first-order chi connectivity index (χ1) is 12.9. The highest BCUT2D eigenvalue weighted by molar-refractivity contribution is 5.99. The number of aliphatic imine (C=N–C) groups is 1. The first-order valence-electron chi connectivity index (χ1n) is 8.94. The third-order valence-electron chi connectivity index (χ3n) is 4.37. The molecule has 0 spiro atoms. The van der Waals surface area contributed by atoms with Gasteiger partial charge >= 0.3 is 0 Å². The molecule has 2 aromatic rings. The van der Waals surface area contributed by atoms with Crippen LogP contribution in [0.15, 0.2) is 65.3 Å². The van der Waals surface area contributed by atoms with Crippen LogP contribution in [0.4, 0.5) is 5.69 Å². The molecule has 1 fully saturated rings. The monoisotopic (exact) mass is 350 g/mol. The van der Waals surface area contributed by atoms with E-state index in [1.807, 2.05) is 60.7 Å². The highest BCUT2D eigenvalue weighted by Crippen LogP contribution is 2.34. The Morgan fingerprint density at radius 1 is 1.00 bits per heavy atom. The molecule has 2 aliphatic heterocycles. The Labute approximate surface area is 153 Å². The van der Waals surface area contributed by atoms with Gasteiger partial charge < -0.3 is 14.2 Å². The van der Waals surface area contributed by atoms with Gasteiger partial charge in [-0.05, 0) is 23.8 Å². The van der Waals surface area contributed by atoms with E-state index in [2.05, 4.69) is 9.89 Å². The molecular formula is C21H22N2O3. The lowest BCUT2D eigenvalue weighted by molar-refractivity contribution is 0.0314. The third-order valence-corrected chi connectivity index (χ3v) is 4.37. The summed E-state index contributed by atoms with van der Waals surface area (Å²) in [6.07, 6.45) is 1.96. The average molecular weight is 350 g/mol. The van der Waals surface area contributed by atoms with E-state index in [1.165, 1.54) is 0 Å². The molecule has 4 rings (SSSR count). The van der Waals surface area contributed by atoms with E-state index in [9.17, 15) is 0 Å². The predicted octanol–water partition coefficient (Wildman–Crippen LogP) is 3.50. The van der Waals surface area contributed by atoms with E-state index in [-0.39, 0.29) is 0 Å². The van der Waals surface area contributed by atoms with E-state index in [4.69, 9.17) is 14.2 Å². The molecule has 0 atom stereocenters. The van der Waals surface area contributed by atoms with Gasteiger partial charge in [0.2, 0.25) is 0 Å². The molecule has 0 aromatic heterocycles. The summed E-state index contributed by atoms with van der Waals surface area (Å²) in [4.78, 5) is 7.00. The van der Waals surface area contributed by atoms with Gasteiger partial charge in [-0.1, -0.05) is 42.5 Å². The Bertz CT molecular complexity index is 796. The smallest absolute Gasteiger partial charge is 0.258 e. The van der Waals surface area contributed by atoms with Crippen molar-refractivity contribution in [2.24, 2.45) is 4.99 Å². The molecular weight excluding hydrogens is 328 g/mol. The minimum Gasteiger partial charge on any atom is -0.474 e. The van der Waals surface area contributed by atoms with Crippen LogP contribution in [-0.4, -0.2) is 50.3 Å². The van der Waals surface area contributed by atoms with Crippen molar-refractivity contribution in [3.63, 3.8) is 0 Å². The number of hydrogen-bond acceptors (Lipinski definition) is 5. The summed E-state index contributed by atoms with van der Waals surface area (Å²) in [6, 6.07) is 17.8. The van der Waals surface area contributed by atoms with Gasteiger partial charge in [-0.3, -0.25) is 4.90 Å². The number of para-hydroxylation sites is 2. The number of nitrogens with zero attached hydrogens (tertiary/aromatic N) is 2. The van der Waals surface area contributed by atoms with Gasteiger partial charge in [0.05, 0.1) is 13.2 Å². The largest absolute Gasteiger partial charge is 0.474 e. The van der Waals surface area contributed by atoms with Gasteiger partial charge in [-0.2, -0.15) is 0 Å². The summed E-state index contributed by atoms with van der Waals surface area (Å²) >= 11 is 0. The predicted molar refractivity (Wildman–Crippen MR) is 102 cm³/mol. The molecule has 134 valence electrons. The molecule has 0 aliphatic carbocycles. The first kappa shape index (κ1) is 16.8. The minimum absolute atomic E-state index is 0.529. The molecule has 5 heteroatoms. The number of rotatable bonds is 4. The number of benzene rings is 2. The molecule has 0 bridgehead atoms. The van der Waals surface area contributed by atoms with Gasteiger partial charge in [-0.15, -0.1) is 0 Å². The second-order valence-corrected chi connectivity index (χ2v) is 6.21. The quantitative estimate of drug-likeness (QED) is 0.846. The molecule has 0 N–H and O–H groups in total. The summed E-state index contributed by atoms with van der Waals surface area (Å²) in [5.41, 5.74) is 1.84. The van der Waals surface area contributed by atoms with Crippen LogP contribution in [0.1, 0.15) is 5.56 Å². The summed E-state index contributed by atoms with van der Waals surface area (Å²) in [7, 11) is 0. The van der Waals surface area contributed by atoms with Crippen molar-refractivity contribution < 1.29 is 14.2 Å². The number of fused-ring (bicyclic) bond motifs is 1. The van der Waals surface area contributed by atoms with E-state index in [0.717, 1.165) is 49.8 Å². The first-order valence-corrected chi connectivity index (χ1v) is 8.94. The van der Waals surface area contributed by atoms with Gasteiger partial charge in [0.15, 0.2) is 11.5 Å². The Hall–Kier alpha value is -2.63. The van der Waals surface area contributed by atoms with Crippen molar-refractivity contribution in [2.75, 3.05) is 39.5 Å². The molecule has 0 unspecified atom stereocenters. The molecule has 2 heterocycles. The van der Waals surface area contributed by atoms with E-state index < -0.39 is 0 Å². The molecule has 0 radical (unpaired) electrons. The maximum absolute atomic E-state index is 6.06. The Balaban J connectivity index is 1.51. The van der Waals surface area contributed by atoms with Crippen molar-refractivity contribution in [1.82, 2.24) is 4.90 Å². The van der Waals surface area contributed by atoms with Crippen LogP contribution in [-0.2, 0) is 9.47 Å². The van der Waals surface area contributed by atoms with E-state index >= 15 is 0 Å². The van der Waals surface area contributed by atoms with Crippen LogP contribution >= 0.6 is 0 Å². The third kappa shape index (κ3) is 4.12. The molecule has 0 saturated carbocycles. The Morgan fingerprint density at radius 3 is 2.62 bits per heavy atom. The fourth-order valence-corrected chi connectivity index (χ4v) is 2.95. The second-order valence-electron chi connectivity index (χ2n) is 6.21. The lowest BCUT2D eigenvalue weighted by Crippen LogP contribution is -2.38. The number of hydrogen-bond donors (Lipinski definition) is 0. The molecule has 2 aliphatic rings. The van der Waals surface area contributed by atoms with Crippen molar-refractivity contribution in [3.05, 3.63) is 65.9 Å². The summed E-state index contributed by atoms with van der Waals surface area (Å²) in [5.74, 6) is 1.91. The van der Waals surface area contributed by atoms with Gasteiger partial charge in [0.25, 0.3) is 5.90 Å². The zero-order chi connectivity index (χ0) is 17.6. The maximum Gasteiger partial charge on any atom is 0.258 e. The normalized spacial score (nSPS) is 18.8. The Kier molecular flexibility index (Phi) is 5.28. The topological polar surface area (TPSA) is 43.3 Å². The fourth-order valence-electron chi connectivity index (χ4n) is 2.95. The zero-order valence-electron chi connectivity index (χ0n) is 14.6. The van der Waals surface area contributed by atoms with Gasteiger partial charge in [0, 0.05) is 19.6 Å². The number of morpholine rings is 1. The van der Waals surface area contributed by atoms with Crippen LogP contribution < -0.4 is 4.74 Å². The number of ether oxygens (including phenoxy) is 3.